The van der Waals surface area contributed by atoms with Crippen LogP contribution in [0.4, 0.5) is 0 Å². The Kier molecular flexibility index (Phi) is 4.77. The first-order valence-corrected chi connectivity index (χ1v) is 7.18. The van der Waals surface area contributed by atoms with Crippen molar-refractivity contribution >= 4 is 11.9 Å². The molecule has 0 heterocycles. The predicted octanol–water partition coefficient (Wildman–Crippen LogP) is 2.62. The second kappa shape index (κ2) is 6.55. The Bertz CT molecular complexity index is 492. The molecule has 0 bridgehead atoms. The van der Waals surface area contributed by atoms with Gasteiger partial charge in [-0.2, -0.15) is 0 Å². The molecule has 4 heteroatoms. The summed E-state index contributed by atoms with van der Waals surface area (Å²) in [4.78, 5) is 22.9. The van der Waals surface area contributed by atoms with Gasteiger partial charge in [0.1, 0.15) is 0 Å². The van der Waals surface area contributed by atoms with Crippen molar-refractivity contribution in [2.75, 3.05) is 0 Å². The number of amides is 1. The molecule has 1 atom stereocenters. The quantitative estimate of drug-likeness (QED) is 0.868. The fourth-order valence-electron chi connectivity index (χ4n) is 2.88. The molecule has 1 aromatic carbocycles. The monoisotopic (exact) mass is 275 g/mol. The number of carboxylic acid groups (broad SMARTS) is 1. The summed E-state index contributed by atoms with van der Waals surface area (Å²) in [6.45, 7) is 2.06. The first-order valence-electron chi connectivity index (χ1n) is 7.18. The van der Waals surface area contributed by atoms with Crippen LogP contribution in [0.2, 0.25) is 0 Å². The third-order valence-electron chi connectivity index (χ3n) is 4.03. The van der Waals surface area contributed by atoms with Gasteiger partial charge in [-0.25, -0.2) is 4.79 Å². The van der Waals surface area contributed by atoms with Crippen LogP contribution >= 0.6 is 0 Å². The number of hydrogen-bond donors (Lipinski definition) is 2. The van der Waals surface area contributed by atoms with Gasteiger partial charge in [-0.3, -0.25) is 4.79 Å². The Morgan fingerprint density at radius 3 is 2.70 bits per heavy atom. The van der Waals surface area contributed by atoms with Gasteiger partial charge in [0.25, 0.3) is 0 Å². The van der Waals surface area contributed by atoms with E-state index < -0.39 is 5.97 Å². The van der Waals surface area contributed by atoms with E-state index >= 15 is 0 Å². The number of nitrogens with one attached hydrogen (secondary N) is 1. The lowest BCUT2D eigenvalue weighted by molar-refractivity contribution is -0.121. The van der Waals surface area contributed by atoms with Gasteiger partial charge in [0.2, 0.25) is 5.91 Å². The summed E-state index contributed by atoms with van der Waals surface area (Å²) in [5.74, 6) is -0.414. The van der Waals surface area contributed by atoms with E-state index in [9.17, 15) is 9.59 Å². The first kappa shape index (κ1) is 14.6. The molecule has 2 rings (SSSR count). The van der Waals surface area contributed by atoms with Crippen molar-refractivity contribution < 1.29 is 14.7 Å². The number of benzene rings is 1. The fraction of sp³-hybridized carbons (Fsp3) is 0.500. The molecular formula is C16H21NO3. The lowest BCUT2D eigenvalue weighted by Gasteiger charge is -2.20. The van der Waals surface area contributed by atoms with E-state index in [-0.39, 0.29) is 23.9 Å². The molecule has 0 radical (unpaired) electrons. The van der Waals surface area contributed by atoms with Gasteiger partial charge >= 0.3 is 5.97 Å². The minimum absolute atomic E-state index is 0.0352. The van der Waals surface area contributed by atoms with E-state index in [4.69, 9.17) is 5.11 Å². The van der Waals surface area contributed by atoms with Crippen LogP contribution in [0.25, 0.3) is 0 Å². The molecule has 1 aromatic rings. The summed E-state index contributed by atoms with van der Waals surface area (Å²) in [5, 5.41) is 12.0. The van der Waals surface area contributed by atoms with E-state index in [0.29, 0.717) is 5.92 Å². The molecule has 20 heavy (non-hydrogen) atoms. The average molecular weight is 275 g/mol. The van der Waals surface area contributed by atoms with Crippen LogP contribution in [0.5, 0.6) is 0 Å². The summed E-state index contributed by atoms with van der Waals surface area (Å²) in [5.41, 5.74) is 0.958. The predicted molar refractivity (Wildman–Crippen MR) is 76.7 cm³/mol. The third kappa shape index (κ3) is 3.83. The summed E-state index contributed by atoms with van der Waals surface area (Å²) < 4.78 is 0. The standard InChI is InChI=1S/C16H21NO3/c1-11(13-6-2-3-7-13)17-15(18)10-12-5-4-8-14(9-12)16(19)20/h4-5,8-9,11,13H,2-3,6-7,10H2,1H3,(H,17,18)(H,19,20). The van der Waals surface area contributed by atoms with E-state index in [2.05, 4.69) is 12.2 Å². The third-order valence-corrected chi connectivity index (χ3v) is 4.03. The van der Waals surface area contributed by atoms with Crippen LogP contribution in [0.15, 0.2) is 24.3 Å². The second-order valence-corrected chi connectivity index (χ2v) is 5.58. The number of hydrogen-bond acceptors (Lipinski definition) is 2. The number of carbonyl (C=O) groups is 2. The highest BCUT2D eigenvalue weighted by atomic mass is 16.4. The van der Waals surface area contributed by atoms with Crippen molar-refractivity contribution in [2.45, 2.75) is 45.1 Å². The second-order valence-electron chi connectivity index (χ2n) is 5.58. The number of aromatic carboxylic acids is 1. The molecule has 108 valence electrons. The van der Waals surface area contributed by atoms with Crippen LogP contribution in [0.1, 0.15) is 48.5 Å². The minimum atomic E-state index is -0.966. The van der Waals surface area contributed by atoms with Crippen molar-refractivity contribution in [1.29, 1.82) is 0 Å². The van der Waals surface area contributed by atoms with Gasteiger partial charge in [0, 0.05) is 6.04 Å². The topological polar surface area (TPSA) is 66.4 Å². The van der Waals surface area contributed by atoms with E-state index in [1.165, 1.54) is 31.7 Å². The van der Waals surface area contributed by atoms with Gasteiger partial charge in [-0.15, -0.1) is 0 Å². The Morgan fingerprint density at radius 2 is 2.05 bits per heavy atom. The molecule has 0 spiro atoms. The van der Waals surface area contributed by atoms with E-state index in [1.54, 1.807) is 18.2 Å². The van der Waals surface area contributed by atoms with Gasteiger partial charge in [-0.1, -0.05) is 25.0 Å². The Hall–Kier alpha value is -1.84. The van der Waals surface area contributed by atoms with Crippen LogP contribution < -0.4 is 5.32 Å². The van der Waals surface area contributed by atoms with Crippen LogP contribution in [-0.4, -0.2) is 23.0 Å². The first-order chi connectivity index (χ1) is 9.56. The van der Waals surface area contributed by atoms with Gasteiger partial charge in [-0.05, 0) is 43.4 Å². The molecule has 0 aromatic heterocycles. The van der Waals surface area contributed by atoms with Crippen molar-refractivity contribution in [2.24, 2.45) is 5.92 Å². The van der Waals surface area contributed by atoms with Crippen LogP contribution in [-0.2, 0) is 11.2 Å². The van der Waals surface area contributed by atoms with E-state index in [1.807, 2.05) is 0 Å². The number of carbonyl (C=O) groups excluding carboxylic acids is 1. The normalized spacial score (nSPS) is 16.9. The Morgan fingerprint density at radius 1 is 1.35 bits per heavy atom. The minimum Gasteiger partial charge on any atom is -0.478 e. The molecule has 1 aliphatic rings. The van der Waals surface area contributed by atoms with Crippen molar-refractivity contribution in [3.63, 3.8) is 0 Å². The largest absolute Gasteiger partial charge is 0.478 e. The highest BCUT2D eigenvalue weighted by molar-refractivity contribution is 5.88. The summed E-state index contributed by atoms with van der Waals surface area (Å²) in [6.07, 6.45) is 5.13. The maximum Gasteiger partial charge on any atom is 0.335 e. The SMILES string of the molecule is CC(NC(=O)Cc1cccc(C(=O)O)c1)C1CCCC1. The molecule has 2 N–H and O–H groups in total. The molecule has 1 aliphatic carbocycles. The molecule has 0 saturated heterocycles. The molecular weight excluding hydrogens is 254 g/mol. The van der Waals surface area contributed by atoms with Crippen molar-refractivity contribution in [3.05, 3.63) is 35.4 Å². The molecule has 1 unspecified atom stereocenters. The van der Waals surface area contributed by atoms with E-state index in [0.717, 1.165) is 5.56 Å². The van der Waals surface area contributed by atoms with Gasteiger partial charge < -0.3 is 10.4 Å². The zero-order chi connectivity index (χ0) is 14.5. The smallest absolute Gasteiger partial charge is 0.335 e. The Labute approximate surface area is 119 Å². The van der Waals surface area contributed by atoms with Crippen LogP contribution in [0, 0.1) is 5.92 Å². The number of carboxylic acids is 1. The highest BCUT2D eigenvalue weighted by Crippen LogP contribution is 2.27. The summed E-state index contributed by atoms with van der Waals surface area (Å²) in [7, 11) is 0. The summed E-state index contributed by atoms with van der Waals surface area (Å²) >= 11 is 0. The lowest BCUT2D eigenvalue weighted by atomic mass is 9.99. The van der Waals surface area contributed by atoms with Crippen molar-refractivity contribution in [1.82, 2.24) is 5.32 Å². The van der Waals surface area contributed by atoms with Gasteiger partial charge in [0.15, 0.2) is 0 Å². The van der Waals surface area contributed by atoms with Crippen LogP contribution in [0.3, 0.4) is 0 Å². The fourth-order valence-corrected chi connectivity index (χ4v) is 2.88. The molecule has 1 saturated carbocycles. The highest BCUT2D eigenvalue weighted by Gasteiger charge is 2.22. The molecule has 1 fully saturated rings. The number of rotatable bonds is 5. The summed E-state index contributed by atoms with van der Waals surface area (Å²) in [6, 6.07) is 6.75. The zero-order valence-corrected chi connectivity index (χ0v) is 11.8. The zero-order valence-electron chi connectivity index (χ0n) is 11.8. The maximum absolute atomic E-state index is 12.0. The van der Waals surface area contributed by atoms with Crippen molar-refractivity contribution in [3.8, 4) is 0 Å². The van der Waals surface area contributed by atoms with Gasteiger partial charge in [0.05, 0.1) is 12.0 Å². The molecule has 4 nitrogen and oxygen atoms in total. The molecule has 1 amide bonds. The average Bonchev–Trinajstić information content (AvgIpc) is 2.92. The Balaban J connectivity index is 1.90. The maximum atomic E-state index is 12.0. The lowest BCUT2D eigenvalue weighted by Crippen LogP contribution is -2.38. The molecule has 0 aliphatic heterocycles.